The Hall–Kier alpha value is -2.57. The first-order valence-corrected chi connectivity index (χ1v) is 7.59. The summed E-state index contributed by atoms with van der Waals surface area (Å²) in [6.45, 7) is 2.96. The lowest BCUT2D eigenvalue weighted by molar-refractivity contribution is -0.130. The van der Waals surface area contributed by atoms with Crippen molar-refractivity contribution in [2.75, 3.05) is 20.3 Å². The van der Waals surface area contributed by atoms with Gasteiger partial charge in [-0.25, -0.2) is 5.01 Å². The van der Waals surface area contributed by atoms with Crippen molar-refractivity contribution in [1.82, 2.24) is 10.3 Å². The highest BCUT2D eigenvalue weighted by Gasteiger charge is 2.23. The van der Waals surface area contributed by atoms with E-state index >= 15 is 0 Å². The summed E-state index contributed by atoms with van der Waals surface area (Å²) in [7, 11) is 1.55. The summed E-state index contributed by atoms with van der Waals surface area (Å²) in [5, 5.41) is 8.14. The maximum Gasteiger partial charge on any atom is 0.267 e. The van der Waals surface area contributed by atoms with Gasteiger partial charge in [0.1, 0.15) is 18.9 Å². The minimum Gasteiger partial charge on any atom is -0.486 e. The SMILES string of the molecule is CC(NC(=O)C1=NN(C)C(=O)CC1)c1ccc2c(c1)OCCO2. The van der Waals surface area contributed by atoms with E-state index < -0.39 is 0 Å². The molecule has 23 heavy (non-hydrogen) atoms. The second-order valence-corrected chi connectivity index (χ2v) is 5.56. The van der Waals surface area contributed by atoms with Crippen molar-refractivity contribution in [3.8, 4) is 11.5 Å². The normalized spacial score (nSPS) is 18.3. The minimum atomic E-state index is -0.258. The van der Waals surface area contributed by atoms with Crippen LogP contribution in [0.3, 0.4) is 0 Å². The Morgan fingerprint density at radius 1 is 1.26 bits per heavy atom. The van der Waals surface area contributed by atoms with Gasteiger partial charge in [0, 0.05) is 19.9 Å². The highest BCUT2D eigenvalue weighted by Crippen LogP contribution is 2.32. The summed E-state index contributed by atoms with van der Waals surface area (Å²) >= 11 is 0. The van der Waals surface area contributed by atoms with Crippen molar-refractivity contribution in [1.29, 1.82) is 0 Å². The number of carbonyl (C=O) groups is 2. The quantitative estimate of drug-likeness (QED) is 0.909. The van der Waals surface area contributed by atoms with E-state index in [1.165, 1.54) is 5.01 Å². The topological polar surface area (TPSA) is 80.2 Å². The van der Waals surface area contributed by atoms with Crippen LogP contribution in [0.5, 0.6) is 11.5 Å². The molecule has 7 heteroatoms. The molecule has 122 valence electrons. The van der Waals surface area contributed by atoms with Crippen molar-refractivity contribution in [2.24, 2.45) is 5.10 Å². The van der Waals surface area contributed by atoms with Gasteiger partial charge in [-0.3, -0.25) is 9.59 Å². The summed E-state index contributed by atoms with van der Waals surface area (Å²) in [5.74, 6) is 1.07. The fourth-order valence-electron chi connectivity index (χ4n) is 2.53. The average molecular weight is 317 g/mol. The number of hydrazone groups is 1. The van der Waals surface area contributed by atoms with E-state index in [-0.39, 0.29) is 17.9 Å². The average Bonchev–Trinajstić information content (AvgIpc) is 2.56. The first-order chi connectivity index (χ1) is 11.0. The zero-order valence-corrected chi connectivity index (χ0v) is 13.2. The zero-order chi connectivity index (χ0) is 16.4. The fraction of sp³-hybridized carbons (Fsp3) is 0.438. The summed E-state index contributed by atoms with van der Waals surface area (Å²) < 4.78 is 11.0. The van der Waals surface area contributed by atoms with Gasteiger partial charge in [0.25, 0.3) is 5.91 Å². The number of hydrogen-bond donors (Lipinski definition) is 1. The van der Waals surface area contributed by atoms with Crippen molar-refractivity contribution < 1.29 is 19.1 Å². The van der Waals surface area contributed by atoms with Crippen molar-refractivity contribution >= 4 is 17.5 Å². The Labute approximate surface area is 134 Å². The van der Waals surface area contributed by atoms with Gasteiger partial charge in [0.05, 0.1) is 6.04 Å². The number of hydrogen-bond acceptors (Lipinski definition) is 5. The molecular weight excluding hydrogens is 298 g/mol. The third kappa shape index (κ3) is 3.28. The molecule has 0 fully saturated rings. The first-order valence-electron chi connectivity index (χ1n) is 7.59. The van der Waals surface area contributed by atoms with E-state index in [1.807, 2.05) is 25.1 Å². The van der Waals surface area contributed by atoms with Crippen molar-refractivity contribution in [3.63, 3.8) is 0 Å². The number of ether oxygens (including phenoxy) is 2. The molecule has 2 heterocycles. The summed E-state index contributed by atoms with van der Waals surface area (Å²) in [6.07, 6.45) is 0.671. The van der Waals surface area contributed by atoms with Gasteiger partial charge in [-0.05, 0) is 24.6 Å². The molecule has 2 aliphatic heterocycles. The van der Waals surface area contributed by atoms with Crippen LogP contribution in [-0.4, -0.2) is 42.8 Å². The molecule has 1 N–H and O–H groups in total. The monoisotopic (exact) mass is 317 g/mol. The van der Waals surface area contributed by atoms with Crippen LogP contribution in [0.4, 0.5) is 0 Å². The van der Waals surface area contributed by atoms with Crippen LogP contribution >= 0.6 is 0 Å². The van der Waals surface area contributed by atoms with E-state index in [9.17, 15) is 9.59 Å². The van der Waals surface area contributed by atoms with Crippen LogP contribution in [0.25, 0.3) is 0 Å². The highest BCUT2D eigenvalue weighted by atomic mass is 16.6. The molecule has 0 radical (unpaired) electrons. The standard InChI is InChI=1S/C16H19N3O4/c1-10(11-3-5-13-14(9-11)23-8-7-22-13)17-16(21)12-4-6-15(20)19(2)18-12/h3,5,9-10H,4,6-8H2,1-2H3,(H,17,21). The van der Waals surface area contributed by atoms with Gasteiger partial charge >= 0.3 is 0 Å². The molecule has 1 aromatic carbocycles. The molecule has 0 aliphatic carbocycles. The number of fused-ring (bicyclic) bond motifs is 1. The first kappa shape index (κ1) is 15.3. The fourth-order valence-corrected chi connectivity index (χ4v) is 2.53. The number of carbonyl (C=O) groups excluding carboxylic acids is 2. The number of nitrogens with one attached hydrogen (secondary N) is 1. The predicted molar refractivity (Wildman–Crippen MR) is 83.4 cm³/mol. The number of benzene rings is 1. The lowest BCUT2D eigenvalue weighted by Crippen LogP contribution is -2.38. The molecule has 0 bridgehead atoms. The second kappa shape index (κ2) is 6.28. The van der Waals surface area contributed by atoms with Gasteiger partial charge in [0.15, 0.2) is 11.5 Å². The number of nitrogens with zero attached hydrogens (tertiary/aromatic N) is 2. The van der Waals surface area contributed by atoms with Gasteiger partial charge in [0.2, 0.25) is 5.91 Å². The highest BCUT2D eigenvalue weighted by molar-refractivity contribution is 6.39. The Kier molecular flexibility index (Phi) is 4.18. The third-order valence-electron chi connectivity index (χ3n) is 3.88. The summed E-state index contributed by atoms with van der Waals surface area (Å²) in [4.78, 5) is 23.7. The van der Waals surface area contributed by atoms with Crippen LogP contribution in [0.2, 0.25) is 0 Å². The molecule has 2 amide bonds. The maximum absolute atomic E-state index is 12.3. The lowest BCUT2D eigenvalue weighted by Gasteiger charge is -2.22. The summed E-state index contributed by atoms with van der Waals surface area (Å²) in [5.41, 5.74) is 1.29. The molecular formula is C16H19N3O4. The summed E-state index contributed by atoms with van der Waals surface area (Å²) in [6, 6.07) is 5.41. The molecule has 0 saturated carbocycles. The molecule has 7 nitrogen and oxygen atoms in total. The Balaban J connectivity index is 1.69. The lowest BCUT2D eigenvalue weighted by atomic mass is 10.1. The van der Waals surface area contributed by atoms with Crippen LogP contribution in [0.1, 0.15) is 31.4 Å². The molecule has 3 rings (SSSR count). The second-order valence-electron chi connectivity index (χ2n) is 5.56. The Bertz CT molecular complexity index is 671. The molecule has 1 aromatic rings. The van der Waals surface area contributed by atoms with Crippen LogP contribution in [-0.2, 0) is 9.59 Å². The van der Waals surface area contributed by atoms with E-state index in [2.05, 4.69) is 10.4 Å². The van der Waals surface area contributed by atoms with Gasteiger partial charge < -0.3 is 14.8 Å². The largest absolute Gasteiger partial charge is 0.486 e. The van der Waals surface area contributed by atoms with Crippen LogP contribution in [0.15, 0.2) is 23.3 Å². The van der Waals surface area contributed by atoms with E-state index in [0.29, 0.717) is 37.5 Å². The third-order valence-corrected chi connectivity index (χ3v) is 3.88. The smallest absolute Gasteiger partial charge is 0.267 e. The zero-order valence-electron chi connectivity index (χ0n) is 13.2. The maximum atomic E-state index is 12.3. The Morgan fingerprint density at radius 3 is 2.74 bits per heavy atom. The van der Waals surface area contributed by atoms with Gasteiger partial charge in [-0.2, -0.15) is 5.10 Å². The van der Waals surface area contributed by atoms with E-state index in [4.69, 9.17) is 9.47 Å². The van der Waals surface area contributed by atoms with E-state index in [1.54, 1.807) is 7.05 Å². The van der Waals surface area contributed by atoms with Gasteiger partial charge in [-0.15, -0.1) is 0 Å². The Morgan fingerprint density at radius 2 is 2.00 bits per heavy atom. The molecule has 0 spiro atoms. The number of amides is 2. The number of rotatable bonds is 3. The predicted octanol–water partition coefficient (Wildman–Crippen LogP) is 1.24. The molecule has 1 atom stereocenters. The van der Waals surface area contributed by atoms with E-state index in [0.717, 1.165) is 11.3 Å². The van der Waals surface area contributed by atoms with Crippen molar-refractivity contribution in [2.45, 2.75) is 25.8 Å². The molecule has 0 aromatic heterocycles. The molecule has 2 aliphatic rings. The van der Waals surface area contributed by atoms with Gasteiger partial charge in [-0.1, -0.05) is 6.07 Å². The van der Waals surface area contributed by atoms with Crippen LogP contribution in [0, 0.1) is 0 Å². The molecule has 0 saturated heterocycles. The van der Waals surface area contributed by atoms with Crippen LogP contribution < -0.4 is 14.8 Å². The van der Waals surface area contributed by atoms with Crippen molar-refractivity contribution in [3.05, 3.63) is 23.8 Å². The minimum absolute atomic E-state index is 0.0820. The molecule has 1 unspecified atom stereocenters.